The van der Waals surface area contributed by atoms with Crippen LogP contribution in [0.1, 0.15) is 70.7 Å². The number of fused-ring (bicyclic) bond motifs is 1. The topological polar surface area (TPSA) is 97.5 Å². The van der Waals surface area contributed by atoms with Gasteiger partial charge in [0.2, 0.25) is 5.91 Å². The molecule has 3 N–H and O–H groups in total. The van der Waals surface area contributed by atoms with Crippen molar-refractivity contribution in [3.8, 4) is 0 Å². The van der Waals surface area contributed by atoms with Gasteiger partial charge in [0, 0.05) is 48.7 Å². The molecular weight excluding hydrogens is 538 g/mol. The average molecular weight is 582 g/mol. The summed E-state index contributed by atoms with van der Waals surface area (Å²) < 4.78 is 0. The summed E-state index contributed by atoms with van der Waals surface area (Å²) in [5.41, 5.74) is 7.30. The van der Waals surface area contributed by atoms with Crippen LogP contribution in [0.3, 0.4) is 0 Å². The molecule has 0 saturated heterocycles. The van der Waals surface area contributed by atoms with Crippen LogP contribution in [0.15, 0.2) is 60.8 Å². The maximum atomic E-state index is 13.8. The fraction of sp³-hybridized carbons (Fsp3) is 0.343. The molecule has 0 bridgehead atoms. The van der Waals surface area contributed by atoms with E-state index in [1.54, 1.807) is 6.08 Å². The van der Waals surface area contributed by atoms with E-state index in [9.17, 15) is 14.4 Å². The quantitative estimate of drug-likeness (QED) is 0.231. The maximum absolute atomic E-state index is 13.8. The largest absolute Gasteiger partial charge is 0.385 e. The Balaban J connectivity index is 1.50. The van der Waals surface area contributed by atoms with Gasteiger partial charge in [0.25, 0.3) is 11.8 Å². The van der Waals surface area contributed by atoms with Gasteiger partial charge < -0.3 is 20.5 Å². The molecule has 226 valence electrons. The maximum Gasteiger partial charge on any atom is 0.265 e. The Hall–Kier alpha value is -4.43. The number of H-pyrrole nitrogens is 1. The zero-order chi connectivity index (χ0) is 31.1. The van der Waals surface area contributed by atoms with Crippen molar-refractivity contribution in [3.05, 3.63) is 100 Å². The summed E-state index contributed by atoms with van der Waals surface area (Å²) >= 11 is 0. The van der Waals surface area contributed by atoms with Crippen molar-refractivity contribution >= 4 is 35.1 Å². The number of aryl methyl sites for hydroxylation is 2. The van der Waals surface area contributed by atoms with Crippen LogP contribution in [0, 0.1) is 20.8 Å². The van der Waals surface area contributed by atoms with Gasteiger partial charge in [0.15, 0.2) is 0 Å². The molecule has 1 aliphatic rings. The number of anilines is 1. The molecule has 3 amide bonds. The first-order valence-electron chi connectivity index (χ1n) is 15.0. The Labute approximate surface area is 254 Å². The van der Waals surface area contributed by atoms with E-state index in [0.29, 0.717) is 47.6 Å². The van der Waals surface area contributed by atoms with Crippen LogP contribution in [0.2, 0.25) is 0 Å². The Morgan fingerprint density at radius 1 is 1.00 bits per heavy atom. The number of rotatable bonds is 13. The molecule has 2 aromatic carbocycles. The molecule has 1 aromatic heterocycles. The number of allylic oxidation sites excluding steroid dienone is 1. The molecule has 2 heterocycles. The molecule has 8 heteroatoms. The van der Waals surface area contributed by atoms with Crippen molar-refractivity contribution in [2.45, 2.75) is 54.0 Å². The van der Waals surface area contributed by atoms with Crippen molar-refractivity contribution in [3.63, 3.8) is 0 Å². The zero-order valence-corrected chi connectivity index (χ0v) is 26.0. The second-order valence-electron chi connectivity index (χ2n) is 11.0. The Morgan fingerprint density at radius 2 is 1.72 bits per heavy atom. The summed E-state index contributed by atoms with van der Waals surface area (Å²) in [7, 11) is 0. The standard InChI is InChI=1S/C35H43N5O3/c1-7-39(8-2)19-18-36-34(42)33-25(5)30(38-26(33)6)21-29-28-20-23(3)14-16-31(28)40(35(29)43)32(41)17-15-24(4)37-22-27-12-10-9-11-13-27/h9-14,16,20-21,37-38H,4,7-8,15,17-19,22H2,1-3,5-6H3,(H,36,42)/b29-21-. The molecule has 0 spiro atoms. The van der Waals surface area contributed by atoms with E-state index >= 15 is 0 Å². The number of aromatic amines is 1. The summed E-state index contributed by atoms with van der Waals surface area (Å²) in [5, 5.41) is 6.30. The van der Waals surface area contributed by atoms with Crippen LogP contribution < -0.4 is 15.5 Å². The molecule has 0 radical (unpaired) electrons. The lowest BCUT2D eigenvalue weighted by molar-refractivity contribution is -0.123. The third kappa shape index (κ3) is 7.32. The number of carbonyl (C=O) groups excluding carboxylic acids is 3. The van der Waals surface area contributed by atoms with Gasteiger partial charge in [-0.15, -0.1) is 0 Å². The number of aromatic nitrogens is 1. The number of nitrogens with zero attached hydrogens (tertiary/aromatic N) is 2. The van der Waals surface area contributed by atoms with Crippen LogP contribution in [0.25, 0.3) is 11.6 Å². The van der Waals surface area contributed by atoms with Crippen LogP contribution in [-0.4, -0.2) is 53.8 Å². The van der Waals surface area contributed by atoms with Gasteiger partial charge >= 0.3 is 0 Å². The van der Waals surface area contributed by atoms with Crippen LogP contribution in [0.4, 0.5) is 5.69 Å². The van der Waals surface area contributed by atoms with E-state index in [1.165, 1.54) is 4.90 Å². The van der Waals surface area contributed by atoms with Crippen molar-refractivity contribution in [1.82, 2.24) is 20.5 Å². The lowest BCUT2D eigenvalue weighted by atomic mass is 10.0. The number of hydrogen-bond donors (Lipinski definition) is 3. The molecule has 0 aliphatic carbocycles. The van der Waals surface area contributed by atoms with E-state index in [1.807, 2.05) is 69.3 Å². The Morgan fingerprint density at radius 3 is 2.42 bits per heavy atom. The van der Waals surface area contributed by atoms with Gasteiger partial charge in [0.1, 0.15) is 0 Å². The normalized spacial score (nSPS) is 13.5. The molecule has 43 heavy (non-hydrogen) atoms. The fourth-order valence-electron chi connectivity index (χ4n) is 5.43. The summed E-state index contributed by atoms with van der Waals surface area (Å²) in [6.45, 7) is 17.8. The average Bonchev–Trinajstić information content (AvgIpc) is 3.44. The monoisotopic (exact) mass is 581 g/mol. The lowest BCUT2D eigenvalue weighted by Crippen LogP contribution is -2.35. The number of likely N-dealkylation sites (N-methyl/N-ethyl adjacent to an activating group) is 1. The minimum Gasteiger partial charge on any atom is -0.385 e. The zero-order valence-electron chi connectivity index (χ0n) is 26.0. The molecule has 0 unspecified atom stereocenters. The van der Waals surface area contributed by atoms with Crippen LogP contribution in [0.5, 0.6) is 0 Å². The molecule has 3 aromatic rings. The summed E-state index contributed by atoms with van der Waals surface area (Å²) in [6, 6.07) is 15.6. The van der Waals surface area contributed by atoms with Crippen LogP contribution in [-0.2, 0) is 16.1 Å². The highest BCUT2D eigenvalue weighted by Crippen LogP contribution is 2.39. The number of imide groups is 1. The smallest absolute Gasteiger partial charge is 0.265 e. The molecule has 1 aliphatic heterocycles. The third-order valence-corrected chi connectivity index (χ3v) is 7.99. The predicted molar refractivity (Wildman–Crippen MR) is 174 cm³/mol. The van der Waals surface area contributed by atoms with E-state index in [0.717, 1.165) is 47.7 Å². The first-order valence-corrected chi connectivity index (χ1v) is 15.0. The van der Waals surface area contributed by atoms with E-state index in [-0.39, 0.29) is 24.1 Å². The number of nitrogens with one attached hydrogen (secondary N) is 3. The molecular formula is C35H43N5O3. The van der Waals surface area contributed by atoms with E-state index < -0.39 is 0 Å². The molecule has 0 atom stereocenters. The summed E-state index contributed by atoms with van der Waals surface area (Å²) in [5.74, 6) is -0.797. The van der Waals surface area contributed by atoms with E-state index in [2.05, 4.69) is 40.9 Å². The van der Waals surface area contributed by atoms with Crippen molar-refractivity contribution < 1.29 is 14.4 Å². The van der Waals surface area contributed by atoms with Crippen molar-refractivity contribution in [1.29, 1.82) is 0 Å². The van der Waals surface area contributed by atoms with Gasteiger partial charge in [-0.2, -0.15) is 0 Å². The van der Waals surface area contributed by atoms with Gasteiger partial charge in [-0.1, -0.05) is 62.4 Å². The number of amides is 3. The Bertz CT molecular complexity index is 1530. The highest BCUT2D eigenvalue weighted by Gasteiger charge is 2.36. The van der Waals surface area contributed by atoms with E-state index in [4.69, 9.17) is 0 Å². The summed E-state index contributed by atoms with van der Waals surface area (Å²) in [6.07, 6.45) is 2.33. The Kier molecular flexibility index (Phi) is 10.4. The van der Waals surface area contributed by atoms with Gasteiger partial charge in [-0.25, -0.2) is 4.90 Å². The fourth-order valence-corrected chi connectivity index (χ4v) is 5.43. The minimum atomic E-state index is -0.370. The van der Waals surface area contributed by atoms with Crippen molar-refractivity contribution in [2.24, 2.45) is 0 Å². The molecule has 8 nitrogen and oxygen atoms in total. The predicted octanol–water partition coefficient (Wildman–Crippen LogP) is 5.51. The van der Waals surface area contributed by atoms with Gasteiger partial charge in [0.05, 0.1) is 16.8 Å². The second-order valence-corrected chi connectivity index (χ2v) is 11.0. The first kappa shape index (κ1) is 31.5. The molecule has 0 saturated carbocycles. The van der Waals surface area contributed by atoms with Gasteiger partial charge in [-0.3, -0.25) is 14.4 Å². The number of benzene rings is 2. The third-order valence-electron chi connectivity index (χ3n) is 7.99. The second kappa shape index (κ2) is 14.2. The highest BCUT2D eigenvalue weighted by molar-refractivity contribution is 6.42. The van der Waals surface area contributed by atoms with Crippen molar-refractivity contribution in [2.75, 3.05) is 31.1 Å². The summed E-state index contributed by atoms with van der Waals surface area (Å²) in [4.78, 5) is 47.1. The lowest BCUT2D eigenvalue weighted by Gasteiger charge is -2.18. The van der Waals surface area contributed by atoms with Gasteiger partial charge in [-0.05, 0) is 69.6 Å². The number of hydrogen-bond acceptors (Lipinski definition) is 5. The SMILES string of the molecule is C=C(CCC(=O)N1C(=O)/C(=C\c2[nH]c(C)c(C(=O)NCCN(CC)CC)c2C)c2cc(C)ccc21)NCc1ccccc1. The number of carbonyl (C=O) groups is 3. The van der Waals surface area contributed by atoms with Crippen LogP contribution >= 0.6 is 0 Å². The highest BCUT2D eigenvalue weighted by atomic mass is 16.2. The molecule has 0 fully saturated rings. The molecule has 4 rings (SSSR count). The first-order chi connectivity index (χ1) is 20.6. The minimum absolute atomic E-state index is 0.144.